The van der Waals surface area contributed by atoms with Crippen molar-refractivity contribution in [3.8, 4) is 5.75 Å². The summed E-state index contributed by atoms with van der Waals surface area (Å²) in [5.74, 6) is -0.425. The number of fused-ring (bicyclic) bond motifs is 1. The Morgan fingerprint density at radius 2 is 2.28 bits per heavy atom. The van der Waals surface area contributed by atoms with E-state index in [0.717, 1.165) is 17.7 Å². The number of carbonyl (C=O) groups excluding carboxylic acids is 2. The predicted molar refractivity (Wildman–Crippen MR) is 63.2 cm³/mol. The molecule has 1 aromatic rings. The van der Waals surface area contributed by atoms with Gasteiger partial charge in [-0.15, -0.1) is 0 Å². The van der Waals surface area contributed by atoms with E-state index in [2.05, 4.69) is 5.32 Å². The van der Waals surface area contributed by atoms with Gasteiger partial charge in [0.15, 0.2) is 0 Å². The number of rotatable bonds is 4. The molecule has 0 saturated heterocycles. The van der Waals surface area contributed by atoms with Crippen molar-refractivity contribution in [3.63, 3.8) is 0 Å². The molecule has 1 heterocycles. The number of aliphatic hydroxyl groups is 1. The number of primary amides is 1. The van der Waals surface area contributed by atoms with Gasteiger partial charge in [0.05, 0.1) is 13.2 Å². The first kappa shape index (κ1) is 12.4. The standard InChI is InChI=1S/C12H14N2O4/c13-11(16)9(15)6-14-12(17)8-1-2-10-7(5-8)3-4-18-10/h1-2,5,9,15H,3-4,6H2,(H2,13,16)(H,14,17). The largest absolute Gasteiger partial charge is 0.493 e. The molecule has 96 valence electrons. The van der Waals surface area contributed by atoms with Crippen LogP contribution in [0, 0.1) is 0 Å². The molecule has 0 aromatic heterocycles. The highest BCUT2D eigenvalue weighted by atomic mass is 16.5. The lowest BCUT2D eigenvalue weighted by Crippen LogP contribution is -2.39. The molecular formula is C12H14N2O4. The topological polar surface area (TPSA) is 102 Å². The van der Waals surface area contributed by atoms with E-state index in [-0.39, 0.29) is 12.5 Å². The second kappa shape index (κ2) is 5.05. The molecule has 18 heavy (non-hydrogen) atoms. The number of aliphatic hydroxyl groups excluding tert-OH is 1. The summed E-state index contributed by atoms with van der Waals surface area (Å²) in [5, 5.41) is 11.6. The summed E-state index contributed by atoms with van der Waals surface area (Å²) in [6, 6.07) is 5.12. The minimum atomic E-state index is -1.37. The van der Waals surface area contributed by atoms with Gasteiger partial charge in [-0.25, -0.2) is 0 Å². The van der Waals surface area contributed by atoms with Gasteiger partial charge < -0.3 is 20.9 Å². The van der Waals surface area contributed by atoms with E-state index < -0.39 is 12.0 Å². The van der Waals surface area contributed by atoms with Crippen LogP contribution in [0.3, 0.4) is 0 Å². The molecule has 1 aromatic carbocycles. The first-order valence-corrected chi connectivity index (χ1v) is 5.59. The zero-order chi connectivity index (χ0) is 13.1. The maximum absolute atomic E-state index is 11.8. The summed E-state index contributed by atoms with van der Waals surface area (Å²) in [7, 11) is 0. The van der Waals surface area contributed by atoms with E-state index in [1.807, 2.05) is 0 Å². The molecule has 1 unspecified atom stereocenters. The normalized spacial score (nSPS) is 14.5. The molecule has 0 saturated carbocycles. The average molecular weight is 250 g/mol. The number of benzene rings is 1. The SMILES string of the molecule is NC(=O)C(O)CNC(=O)c1ccc2c(c1)CCO2. The van der Waals surface area contributed by atoms with Crippen LogP contribution in [0.1, 0.15) is 15.9 Å². The Morgan fingerprint density at radius 3 is 3.00 bits per heavy atom. The fourth-order valence-electron chi connectivity index (χ4n) is 1.72. The van der Waals surface area contributed by atoms with Crippen LogP contribution >= 0.6 is 0 Å². The minimum Gasteiger partial charge on any atom is -0.493 e. The van der Waals surface area contributed by atoms with E-state index in [4.69, 9.17) is 15.6 Å². The van der Waals surface area contributed by atoms with E-state index in [1.165, 1.54) is 0 Å². The molecule has 0 radical (unpaired) electrons. The molecule has 0 bridgehead atoms. The second-order valence-electron chi connectivity index (χ2n) is 4.05. The third-order valence-corrected chi connectivity index (χ3v) is 2.74. The van der Waals surface area contributed by atoms with Crippen LogP contribution in [0.2, 0.25) is 0 Å². The number of amides is 2. The van der Waals surface area contributed by atoms with Gasteiger partial charge in [0.2, 0.25) is 5.91 Å². The fraction of sp³-hybridized carbons (Fsp3) is 0.333. The smallest absolute Gasteiger partial charge is 0.251 e. The Balaban J connectivity index is 1.99. The van der Waals surface area contributed by atoms with Crippen molar-refractivity contribution in [2.24, 2.45) is 5.73 Å². The maximum Gasteiger partial charge on any atom is 0.251 e. The van der Waals surface area contributed by atoms with Gasteiger partial charge in [-0.1, -0.05) is 0 Å². The monoisotopic (exact) mass is 250 g/mol. The van der Waals surface area contributed by atoms with Crippen molar-refractivity contribution in [1.29, 1.82) is 0 Å². The lowest BCUT2D eigenvalue weighted by atomic mass is 10.1. The third kappa shape index (κ3) is 2.60. The van der Waals surface area contributed by atoms with Crippen molar-refractivity contribution in [3.05, 3.63) is 29.3 Å². The average Bonchev–Trinajstić information content (AvgIpc) is 2.82. The molecule has 1 atom stereocenters. The zero-order valence-electron chi connectivity index (χ0n) is 9.68. The number of nitrogens with two attached hydrogens (primary N) is 1. The molecule has 1 aliphatic rings. The lowest BCUT2D eigenvalue weighted by Gasteiger charge is -2.09. The first-order chi connectivity index (χ1) is 8.58. The van der Waals surface area contributed by atoms with Gasteiger partial charge in [-0.3, -0.25) is 9.59 Å². The van der Waals surface area contributed by atoms with Gasteiger partial charge in [0, 0.05) is 12.0 Å². The highest BCUT2D eigenvalue weighted by Crippen LogP contribution is 2.25. The molecule has 0 fully saturated rings. The third-order valence-electron chi connectivity index (χ3n) is 2.74. The summed E-state index contributed by atoms with van der Waals surface area (Å²) >= 11 is 0. The van der Waals surface area contributed by atoms with E-state index in [1.54, 1.807) is 18.2 Å². The van der Waals surface area contributed by atoms with Crippen LogP contribution in [0.25, 0.3) is 0 Å². The molecule has 4 N–H and O–H groups in total. The zero-order valence-corrected chi connectivity index (χ0v) is 9.68. The highest BCUT2D eigenvalue weighted by Gasteiger charge is 2.16. The van der Waals surface area contributed by atoms with Gasteiger partial charge in [-0.2, -0.15) is 0 Å². The summed E-state index contributed by atoms with van der Waals surface area (Å²) in [5.41, 5.74) is 6.33. The number of nitrogens with one attached hydrogen (secondary N) is 1. The summed E-state index contributed by atoms with van der Waals surface area (Å²) < 4.78 is 5.33. The van der Waals surface area contributed by atoms with Gasteiger partial charge in [0.25, 0.3) is 5.91 Å². The van der Waals surface area contributed by atoms with Gasteiger partial charge in [0.1, 0.15) is 11.9 Å². The Morgan fingerprint density at radius 1 is 1.50 bits per heavy atom. The number of hydrogen-bond donors (Lipinski definition) is 3. The number of carbonyl (C=O) groups is 2. The van der Waals surface area contributed by atoms with Crippen molar-refractivity contribution in [2.75, 3.05) is 13.2 Å². The van der Waals surface area contributed by atoms with Gasteiger partial charge >= 0.3 is 0 Å². The van der Waals surface area contributed by atoms with E-state index >= 15 is 0 Å². The quantitative estimate of drug-likeness (QED) is 0.651. The summed E-state index contributed by atoms with van der Waals surface area (Å²) in [4.78, 5) is 22.4. The molecule has 0 spiro atoms. The van der Waals surface area contributed by atoms with Crippen molar-refractivity contribution < 1.29 is 19.4 Å². The van der Waals surface area contributed by atoms with Crippen LogP contribution in [0.4, 0.5) is 0 Å². The van der Waals surface area contributed by atoms with Crippen LogP contribution in [-0.2, 0) is 11.2 Å². The number of ether oxygens (including phenoxy) is 1. The molecule has 6 nitrogen and oxygen atoms in total. The lowest BCUT2D eigenvalue weighted by molar-refractivity contribution is -0.125. The minimum absolute atomic E-state index is 0.193. The van der Waals surface area contributed by atoms with Crippen LogP contribution in [0.5, 0.6) is 5.75 Å². The van der Waals surface area contributed by atoms with E-state index in [9.17, 15) is 9.59 Å². The molecule has 6 heteroatoms. The molecule has 0 aliphatic carbocycles. The van der Waals surface area contributed by atoms with Crippen molar-refractivity contribution >= 4 is 11.8 Å². The van der Waals surface area contributed by atoms with Crippen LogP contribution < -0.4 is 15.8 Å². The van der Waals surface area contributed by atoms with Crippen LogP contribution in [-0.4, -0.2) is 36.2 Å². The predicted octanol–water partition coefficient (Wildman–Crippen LogP) is -0.803. The molecule has 2 rings (SSSR count). The molecule has 2 amide bonds. The Kier molecular flexibility index (Phi) is 3.47. The van der Waals surface area contributed by atoms with Crippen molar-refractivity contribution in [1.82, 2.24) is 5.32 Å². The van der Waals surface area contributed by atoms with Gasteiger partial charge in [-0.05, 0) is 23.8 Å². The van der Waals surface area contributed by atoms with E-state index in [0.29, 0.717) is 12.2 Å². The Labute approximate surface area is 104 Å². The maximum atomic E-state index is 11.8. The summed E-state index contributed by atoms with van der Waals surface area (Å²) in [6.45, 7) is 0.433. The Bertz CT molecular complexity index is 487. The molecule has 1 aliphatic heterocycles. The first-order valence-electron chi connectivity index (χ1n) is 5.59. The highest BCUT2D eigenvalue weighted by molar-refractivity contribution is 5.95. The van der Waals surface area contributed by atoms with Crippen LogP contribution in [0.15, 0.2) is 18.2 Å². The van der Waals surface area contributed by atoms with Crippen molar-refractivity contribution in [2.45, 2.75) is 12.5 Å². The fourth-order valence-corrected chi connectivity index (χ4v) is 1.72. The second-order valence-corrected chi connectivity index (χ2v) is 4.05. The Hall–Kier alpha value is -2.08. The number of hydrogen-bond acceptors (Lipinski definition) is 4. The molecular weight excluding hydrogens is 236 g/mol. The summed E-state index contributed by atoms with van der Waals surface area (Å²) in [6.07, 6.45) is -0.591.